The van der Waals surface area contributed by atoms with E-state index in [9.17, 15) is 13.2 Å². The lowest BCUT2D eigenvalue weighted by Gasteiger charge is -2.20. The second kappa shape index (κ2) is 8.70. The van der Waals surface area contributed by atoms with E-state index in [0.717, 1.165) is 16.1 Å². The number of rotatable bonds is 7. The highest BCUT2D eigenvalue weighted by atomic mass is 35.5. The van der Waals surface area contributed by atoms with Crippen LogP contribution in [0.4, 0.5) is 5.69 Å². The number of ether oxygens (including phenoxy) is 2. The molecule has 2 aromatic carbocycles. The topological polar surface area (TPSA) is 84.9 Å². The molecule has 9 heteroatoms. The van der Waals surface area contributed by atoms with Crippen LogP contribution in [-0.4, -0.2) is 41.8 Å². The van der Waals surface area contributed by atoms with Gasteiger partial charge in [0.15, 0.2) is 0 Å². The van der Waals surface area contributed by atoms with Gasteiger partial charge in [-0.15, -0.1) is 0 Å². The highest BCUT2D eigenvalue weighted by molar-refractivity contribution is 7.92. The van der Waals surface area contributed by atoms with Gasteiger partial charge in [-0.25, -0.2) is 8.42 Å². The molecule has 2 aromatic rings. The standard InChI is InChI=1S/C19H23ClN2O5S/c1-12(15-11-14(26-3)7-9-18(15)27-4)21-19(23)16-10-13(6-8-17(16)20)22(2)28(5,24)25/h6-12H,1-5H3,(H,21,23). The second-order valence-electron chi connectivity index (χ2n) is 6.20. The van der Waals surface area contributed by atoms with Crippen LogP contribution < -0.4 is 19.1 Å². The fourth-order valence-corrected chi connectivity index (χ4v) is 3.30. The molecular formula is C19H23ClN2O5S. The average molecular weight is 427 g/mol. The Hall–Kier alpha value is -2.45. The van der Waals surface area contributed by atoms with Crippen molar-refractivity contribution >= 4 is 33.2 Å². The molecule has 1 amide bonds. The van der Waals surface area contributed by atoms with Gasteiger partial charge in [-0.05, 0) is 43.3 Å². The smallest absolute Gasteiger partial charge is 0.253 e. The Morgan fingerprint density at radius 3 is 2.39 bits per heavy atom. The van der Waals surface area contributed by atoms with Crippen LogP contribution in [-0.2, 0) is 10.0 Å². The highest BCUT2D eigenvalue weighted by Gasteiger charge is 2.20. The van der Waals surface area contributed by atoms with Gasteiger partial charge in [0.25, 0.3) is 5.91 Å². The van der Waals surface area contributed by atoms with Gasteiger partial charge in [0.05, 0.1) is 42.8 Å². The molecule has 152 valence electrons. The number of benzene rings is 2. The van der Waals surface area contributed by atoms with E-state index in [1.807, 2.05) is 0 Å². The molecule has 0 aliphatic rings. The minimum absolute atomic E-state index is 0.170. The Morgan fingerprint density at radius 1 is 1.14 bits per heavy atom. The summed E-state index contributed by atoms with van der Waals surface area (Å²) in [4.78, 5) is 12.8. The van der Waals surface area contributed by atoms with Gasteiger partial charge >= 0.3 is 0 Å². The summed E-state index contributed by atoms with van der Waals surface area (Å²) in [5.41, 5.74) is 1.24. The third-order valence-electron chi connectivity index (χ3n) is 4.31. The Balaban J connectivity index is 2.32. The second-order valence-corrected chi connectivity index (χ2v) is 8.62. The number of amides is 1. The van der Waals surface area contributed by atoms with E-state index in [2.05, 4.69) is 5.32 Å². The number of hydrogen-bond acceptors (Lipinski definition) is 5. The normalized spacial score (nSPS) is 12.2. The zero-order valence-electron chi connectivity index (χ0n) is 16.3. The first-order valence-electron chi connectivity index (χ1n) is 8.34. The SMILES string of the molecule is COc1ccc(OC)c(C(C)NC(=O)c2cc(N(C)S(C)(=O)=O)ccc2Cl)c1. The maximum Gasteiger partial charge on any atom is 0.253 e. The van der Waals surface area contributed by atoms with Crippen molar-refractivity contribution in [2.45, 2.75) is 13.0 Å². The number of nitrogens with one attached hydrogen (secondary N) is 1. The van der Waals surface area contributed by atoms with Gasteiger partial charge < -0.3 is 14.8 Å². The number of sulfonamides is 1. The van der Waals surface area contributed by atoms with Gasteiger partial charge in [-0.2, -0.15) is 0 Å². The molecule has 2 rings (SSSR count). The lowest BCUT2D eigenvalue weighted by molar-refractivity contribution is 0.0939. The number of carbonyl (C=O) groups is 1. The summed E-state index contributed by atoms with van der Waals surface area (Å²) in [6.45, 7) is 1.80. The van der Waals surface area contributed by atoms with Gasteiger partial charge in [0.2, 0.25) is 10.0 Å². The fourth-order valence-electron chi connectivity index (χ4n) is 2.60. The number of anilines is 1. The summed E-state index contributed by atoms with van der Waals surface area (Å²) in [5.74, 6) is 0.795. The number of carbonyl (C=O) groups excluding carboxylic acids is 1. The van der Waals surface area contributed by atoms with Crippen molar-refractivity contribution in [1.82, 2.24) is 5.32 Å². The minimum Gasteiger partial charge on any atom is -0.497 e. The van der Waals surface area contributed by atoms with Crippen molar-refractivity contribution in [3.63, 3.8) is 0 Å². The molecular weight excluding hydrogens is 404 g/mol. The monoisotopic (exact) mass is 426 g/mol. The molecule has 1 unspecified atom stereocenters. The van der Waals surface area contributed by atoms with Crippen LogP contribution in [0.3, 0.4) is 0 Å². The molecule has 1 N–H and O–H groups in total. The quantitative estimate of drug-likeness (QED) is 0.734. The lowest BCUT2D eigenvalue weighted by atomic mass is 10.1. The van der Waals surface area contributed by atoms with E-state index in [1.165, 1.54) is 25.2 Å². The molecule has 7 nitrogen and oxygen atoms in total. The first kappa shape index (κ1) is 21.8. The van der Waals surface area contributed by atoms with Crippen LogP contribution in [0.1, 0.15) is 28.9 Å². The van der Waals surface area contributed by atoms with Gasteiger partial charge in [0, 0.05) is 12.6 Å². The van der Waals surface area contributed by atoms with Crippen LogP contribution in [0, 0.1) is 0 Å². The zero-order chi connectivity index (χ0) is 21.1. The van der Waals surface area contributed by atoms with E-state index in [4.69, 9.17) is 21.1 Å². The van der Waals surface area contributed by atoms with Crippen molar-refractivity contribution < 1.29 is 22.7 Å². The summed E-state index contributed by atoms with van der Waals surface area (Å²) in [6, 6.07) is 9.35. The third kappa shape index (κ3) is 4.88. The summed E-state index contributed by atoms with van der Waals surface area (Å²) in [6.07, 6.45) is 1.08. The van der Waals surface area contributed by atoms with Crippen LogP contribution >= 0.6 is 11.6 Å². The maximum atomic E-state index is 12.8. The van der Waals surface area contributed by atoms with Crippen LogP contribution in [0.2, 0.25) is 5.02 Å². The molecule has 0 radical (unpaired) electrons. The predicted molar refractivity (Wildman–Crippen MR) is 110 cm³/mol. The summed E-state index contributed by atoms with van der Waals surface area (Å²) >= 11 is 6.17. The third-order valence-corrected chi connectivity index (χ3v) is 5.84. The molecule has 0 spiro atoms. The molecule has 1 atom stereocenters. The van der Waals surface area contributed by atoms with Crippen molar-refractivity contribution in [1.29, 1.82) is 0 Å². The molecule has 0 heterocycles. The van der Waals surface area contributed by atoms with Gasteiger partial charge in [-0.1, -0.05) is 11.6 Å². The Kier molecular flexibility index (Phi) is 6.79. The molecule has 0 aliphatic heterocycles. The van der Waals surface area contributed by atoms with Crippen molar-refractivity contribution in [3.8, 4) is 11.5 Å². The van der Waals surface area contributed by atoms with E-state index in [0.29, 0.717) is 17.2 Å². The average Bonchev–Trinajstić information content (AvgIpc) is 2.66. The predicted octanol–water partition coefficient (Wildman–Crippen LogP) is 3.24. The lowest BCUT2D eigenvalue weighted by Crippen LogP contribution is -2.28. The molecule has 0 saturated carbocycles. The molecule has 0 fully saturated rings. The van der Waals surface area contributed by atoms with E-state index in [-0.39, 0.29) is 10.6 Å². The van der Waals surface area contributed by atoms with Gasteiger partial charge in [-0.3, -0.25) is 9.10 Å². The Labute approximate surface area is 170 Å². The van der Waals surface area contributed by atoms with Crippen LogP contribution in [0.25, 0.3) is 0 Å². The number of nitrogens with zero attached hydrogens (tertiary/aromatic N) is 1. The molecule has 0 saturated heterocycles. The first-order chi connectivity index (χ1) is 13.1. The van der Waals surface area contributed by atoms with Gasteiger partial charge in [0.1, 0.15) is 11.5 Å². The maximum absolute atomic E-state index is 12.8. The molecule has 0 aromatic heterocycles. The molecule has 0 aliphatic carbocycles. The van der Waals surface area contributed by atoms with Crippen molar-refractivity contribution in [2.24, 2.45) is 0 Å². The van der Waals surface area contributed by atoms with Crippen LogP contribution in [0.15, 0.2) is 36.4 Å². The zero-order valence-corrected chi connectivity index (χ0v) is 17.9. The fraction of sp³-hybridized carbons (Fsp3) is 0.316. The highest BCUT2D eigenvalue weighted by Crippen LogP contribution is 2.30. The van der Waals surface area contributed by atoms with Crippen LogP contribution in [0.5, 0.6) is 11.5 Å². The number of methoxy groups -OCH3 is 2. The summed E-state index contributed by atoms with van der Waals surface area (Å²) in [7, 11) is 1.04. The van der Waals surface area contributed by atoms with E-state index >= 15 is 0 Å². The minimum atomic E-state index is -3.47. The summed E-state index contributed by atoms with van der Waals surface area (Å²) < 4.78 is 35.2. The van der Waals surface area contributed by atoms with Crippen molar-refractivity contribution in [2.75, 3.05) is 31.8 Å². The number of halogens is 1. The van der Waals surface area contributed by atoms with E-state index < -0.39 is 22.0 Å². The van der Waals surface area contributed by atoms with E-state index in [1.54, 1.807) is 39.3 Å². The Morgan fingerprint density at radius 2 is 1.82 bits per heavy atom. The first-order valence-corrected chi connectivity index (χ1v) is 10.6. The largest absolute Gasteiger partial charge is 0.497 e. The van der Waals surface area contributed by atoms with Crippen molar-refractivity contribution in [3.05, 3.63) is 52.5 Å². The molecule has 28 heavy (non-hydrogen) atoms. The summed E-state index contributed by atoms with van der Waals surface area (Å²) in [5, 5.41) is 3.07. The Bertz CT molecular complexity index is 978. The molecule has 0 bridgehead atoms. The number of hydrogen-bond donors (Lipinski definition) is 1.